The summed E-state index contributed by atoms with van der Waals surface area (Å²) in [5.41, 5.74) is 1.12. The summed E-state index contributed by atoms with van der Waals surface area (Å²) in [6.45, 7) is 1.35. The number of thioether (sulfide) groups is 1. The van der Waals surface area contributed by atoms with E-state index < -0.39 is 5.97 Å². The monoisotopic (exact) mass is 341 g/mol. The minimum atomic E-state index is -0.748. The van der Waals surface area contributed by atoms with Crippen LogP contribution in [0.15, 0.2) is 24.3 Å². The summed E-state index contributed by atoms with van der Waals surface area (Å²) in [4.78, 5) is 24.7. The minimum Gasteiger partial charge on any atom is -0.481 e. The summed E-state index contributed by atoms with van der Waals surface area (Å²) in [7, 11) is 0. The Morgan fingerprint density at radius 1 is 1.32 bits per heavy atom. The highest BCUT2D eigenvalue weighted by Crippen LogP contribution is 2.22. The van der Waals surface area contributed by atoms with Crippen LogP contribution in [0.3, 0.4) is 0 Å². The Morgan fingerprint density at radius 2 is 2.05 bits per heavy atom. The topological polar surface area (TPSA) is 57.6 Å². The van der Waals surface area contributed by atoms with E-state index in [1.165, 1.54) is 0 Å². The molecule has 0 unspecified atom stereocenters. The van der Waals surface area contributed by atoms with Crippen LogP contribution in [-0.2, 0) is 15.3 Å². The van der Waals surface area contributed by atoms with Crippen molar-refractivity contribution in [3.8, 4) is 0 Å². The van der Waals surface area contributed by atoms with Gasteiger partial charge in [0.1, 0.15) is 0 Å². The smallest absolute Gasteiger partial charge is 0.303 e. The second-order valence-electron chi connectivity index (χ2n) is 5.54. The van der Waals surface area contributed by atoms with Gasteiger partial charge in [0.05, 0.1) is 5.75 Å². The molecule has 1 fully saturated rings. The van der Waals surface area contributed by atoms with Crippen molar-refractivity contribution in [2.45, 2.75) is 25.0 Å². The molecule has 120 valence electrons. The minimum absolute atomic E-state index is 0.140. The van der Waals surface area contributed by atoms with E-state index in [2.05, 4.69) is 0 Å². The van der Waals surface area contributed by atoms with Crippen molar-refractivity contribution in [3.63, 3.8) is 0 Å². The maximum Gasteiger partial charge on any atom is 0.303 e. The van der Waals surface area contributed by atoms with Crippen LogP contribution in [0, 0.1) is 5.92 Å². The highest BCUT2D eigenvalue weighted by Gasteiger charge is 2.23. The summed E-state index contributed by atoms with van der Waals surface area (Å²) in [6.07, 6.45) is 1.79. The van der Waals surface area contributed by atoms with Crippen LogP contribution in [0.1, 0.15) is 24.8 Å². The zero-order chi connectivity index (χ0) is 15.9. The molecule has 6 heteroatoms. The van der Waals surface area contributed by atoms with E-state index in [1.54, 1.807) is 11.8 Å². The summed E-state index contributed by atoms with van der Waals surface area (Å²) in [5, 5.41) is 9.50. The van der Waals surface area contributed by atoms with Crippen LogP contribution in [-0.4, -0.2) is 40.7 Å². The lowest BCUT2D eigenvalue weighted by Gasteiger charge is -2.31. The lowest BCUT2D eigenvalue weighted by molar-refractivity contribution is -0.138. The molecule has 0 atom stereocenters. The quantitative estimate of drug-likeness (QED) is 0.862. The predicted molar refractivity (Wildman–Crippen MR) is 89.2 cm³/mol. The third-order valence-electron chi connectivity index (χ3n) is 3.81. The average Bonchev–Trinajstić information content (AvgIpc) is 2.47. The molecule has 22 heavy (non-hydrogen) atoms. The number of hydrogen-bond acceptors (Lipinski definition) is 3. The van der Waals surface area contributed by atoms with Crippen LogP contribution in [0.5, 0.6) is 0 Å². The molecule has 2 rings (SSSR count). The molecular formula is C16H20ClNO3S. The van der Waals surface area contributed by atoms with E-state index in [-0.39, 0.29) is 18.2 Å². The van der Waals surface area contributed by atoms with Crippen LogP contribution >= 0.6 is 23.4 Å². The number of benzene rings is 1. The summed E-state index contributed by atoms with van der Waals surface area (Å²) in [6, 6.07) is 7.66. The van der Waals surface area contributed by atoms with E-state index in [0.29, 0.717) is 23.9 Å². The highest BCUT2D eigenvalue weighted by molar-refractivity contribution is 7.99. The maximum atomic E-state index is 12.1. The third kappa shape index (κ3) is 5.54. The zero-order valence-corrected chi connectivity index (χ0v) is 13.9. The number of amides is 1. The van der Waals surface area contributed by atoms with Gasteiger partial charge in [-0.1, -0.05) is 23.7 Å². The molecule has 1 amide bonds. The molecule has 0 spiro atoms. The molecule has 0 aromatic heterocycles. The first-order valence-electron chi connectivity index (χ1n) is 7.36. The van der Waals surface area contributed by atoms with Crippen molar-refractivity contribution in [2.75, 3.05) is 18.8 Å². The fourth-order valence-electron chi connectivity index (χ4n) is 2.61. The third-order valence-corrected chi connectivity index (χ3v) is 5.04. The first-order valence-corrected chi connectivity index (χ1v) is 8.89. The van der Waals surface area contributed by atoms with Gasteiger partial charge < -0.3 is 10.0 Å². The fraction of sp³-hybridized carbons (Fsp3) is 0.500. The van der Waals surface area contributed by atoms with Crippen molar-refractivity contribution < 1.29 is 14.7 Å². The van der Waals surface area contributed by atoms with Crippen molar-refractivity contribution in [2.24, 2.45) is 5.92 Å². The average molecular weight is 342 g/mol. The van der Waals surface area contributed by atoms with Crippen molar-refractivity contribution >= 4 is 35.2 Å². The molecule has 0 aliphatic carbocycles. The molecule has 0 saturated carbocycles. The molecule has 0 radical (unpaired) electrons. The van der Waals surface area contributed by atoms with E-state index in [1.807, 2.05) is 29.2 Å². The molecule has 1 aliphatic heterocycles. The Bertz CT molecular complexity index is 530. The maximum absolute atomic E-state index is 12.1. The number of carboxylic acid groups (broad SMARTS) is 1. The van der Waals surface area contributed by atoms with Crippen molar-refractivity contribution in [3.05, 3.63) is 34.9 Å². The molecule has 1 aromatic rings. The number of carboxylic acids is 1. The largest absolute Gasteiger partial charge is 0.481 e. The van der Waals surface area contributed by atoms with Crippen LogP contribution < -0.4 is 0 Å². The van der Waals surface area contributed by atoms with E-state index in [9.17, 15) is 9.59 Å². The SMILES string of the molecule is O=C(O)CC1CCN(C(=O)CSCc2cccc(Cl)c2)CC1. The lowest BCUT2D eigenvalue weighted by atomic mass is 9.94. The number of nitrogens with zero attached hydrogens (tertiary/aromatic N) is 1. The fourth-order valence-corrected chi connectivity index (χ4v) is 3.70. The van der Waals surface area contributed by atoms with Gasteiger partial charge in [-0.2, -0.15) is 0 Å². The molecule has 1 aliphatic rings. The Labute approximate surface area is 139 Å². The molecule has 1 saturated heterocycles. The number of likely N-dealkylation sites (tertiary alicyclic amines) is 1. The Morgan fingerprint density at radius 3 is 2.68 bits per heavy atom. The van der Waals surface area contributed by atoms with Gasteiger partial charge in [-0.15, -0.1) is 11.8 Å². The van der Waals surface area contributed by atoms with E-state index in [4.69, 9.17) is 16.7 Å². The molecule has 1 aromatic carbocycles. The van der Waals surface area contributed by atoms with Gasteiger partial charge >= 0.3 is 5.97 Å². The second kappa shape index (κ2) is 8.44. The molecule has 0 bridgehead atoms. The molecule has 4 nitrogen and oxygen atoms in total. The number of rotatable bonds is 6. The normalized spacial score (nSPS) is 15.8. The zero-order valence-electron chi connectivity index (χ0n) is 12.3. The highest BCUT2D eigenvalue weighted by atomic mass is 35.5. The first-order chi connectivity index (χ1) is 10.5. The Balaban J connectivity index is 1.69. The number of piperidine rings is 1. The van der Waals surface area contributed by atoms with Crippen LogP contribution in [0.25, 0.3) is 0 Å². The number of carbonyl (C=O) groups is 2. The van der Waals surface area contributed by atoms with Gasteiger partial charge in [0.2, 0.25) is 5.91 Å². The van der Waals surface area contributed by atoms with Crippen molar-refractivity contribution in [1.29, 1.82) is 0 Å². The Kier molecular flexibility index (Phi) is 6.58. The van der Waals surface area contributed by atoms with Gasteiger partial charge in [-0.05, 0) is 36.5 Å². The van der Waals surface area contributed by atoms with Gasteiger partial charge in [0, 0.05) is 30.3 Å². The van der Waals surface area contributed by atoms with Gasteiger partial charge in [0.15, 0.2) is 0 Å². The van der Waals surface area contributed by atoms with Gasteiger partial charge in [-0.3, -0.25) is 9.59 Å². The summed E-state index contributed by atoms with van der Waals surface area (Å²) in [5.74, 6) is 0.820. The standard InChI is InChI=1S/C16H20ClNO3S/c17-14-3-1-2-13(8-14)10-22-11-15(19)18-6-4-12(5-7-18)9-16(20)21/h1-3,8,12H,4-7,9-11H2,(H,20,21). The Hall–Kier alpha value is -1.20. The number of hydrogen-bond donors (Lipinski definition) is 1. The second-order valence-corrected chi connectivity index (χ2v) is 6.97. The van der Waals surface area contributed by atoms with E-state index >= 15 is 0 Å². The van der Waals surface area contributed by atoms with Crippen LogP contribution in [0.2, 0.25) is 5.02 Å². The summed E-state index contributed by atoms with van der Waals surface area (Å²) >= 11 is 7.52. The predicted octanol–water partition coefficient (Wildman–Crippen LogP) is 3.29. The lowest BCUT2D eigenvalue weighted by Crippen LogP contribution is -2.39. The number of halogens is 1. The van der Waals surface area contributed by atoms with Gasteiger partial charge in [0.25, 0.3) is 0 Å². The summed E-state index contributed by atoms with van der Waals surface area (Å²) < 4.78 is 0. The van der Waals surface area contributed by atoms with Gasteiger partial charge in [-0.25, -0.2) is 0 Å². The molecule has 1 heterocycles. The first kappa shape index (κ1) is 17.2. The molecule has 1 N–H and O–H groups in total. The van der Waals surface area contributed by atoms with Crippen LogP contribution in [0.4, 0.5) is 0 Å². The number of carbonyl (C=O) groups excluding carboxylic acids is 1. The molecular weight excluding hydrogens is 322 g/mol. The van der Waals surface area contributed by atoms with Crippen molar-refractivity contribution in [1.82, 2.24) is 4.90 Å². The van der Waals surface area contributed by atoms with E-state index in [0.717, 1.165) is 24.2 Å². The number of aliphatic carboxylic acids is 1.